The van der Waals surface area contributed by atoms with Gasteiger partial charge in [-0.3, -0.25) is 0 Å². The van der Waals surface area contributed by atoms with Crippen molar-refractivity contribution >= 4 is 0 Å². The minimum Gasteiger partial charge on any atom is -0.497 e. The first-order chi connectivity index (χ1) is 12.4. The molecule has 1 aromatic heterocycles. The van der Waals surface area contributed by atoms with Crippen LogP contribution >= 0.6 is 0 Å². The molecule has 0 atom stereocenters. The number of ether oxygens (including phenoxy) is 2. The summed E-state index contributed by atoms with van der Waals surface area (Å²) in [6, 6.07) is 15.5. The van der Waals surface area contributed by atoms with Crippen molar-refractivity contribution in [3.05, 3.63) is 60.0 Å². The van der Waals surface area contributed by atoms with Gasteiger partial charge in [0, 0.05) is 12.0 Å². The van der Waals surface area contributed by atoms with Crippen molar-refractivity contribution in [3.63, 3.8) is 0 Å². The summed E-state index contributed by atoms with van der Waals surface area (Å²) in [5, 5.41) is 4.07. The van der Waals surface area contributed by atoms with Crippen molar-refractivity contribution in [2.75, 3.05) is 7.11 Å². The van der Waals surface area contributed by atoms with Crippen molar-refractivity contribution in [2.45, 2.75) is 33.8 Å². The fourth-order valence-corrected chi connectivity index (χ4v) is 2.53. The van der Waals surface area contributed by atoms with Gasteiger partial charge in [-0.05, 0) is 47.4 Å². The first-order valence-electron chi connectivity index (χ1n) is 8.62. The summed E-state index contributed by atoms with van der Waals surface area (Å²) in [6.07, 6.45) is 0.752. The van der Waals surface area contributed by atoms with E-state index in [4.69, 9.17) is 14.0 Å². The molecular formula is C21H24N2O3. The van der Waals surface area contributed by atoms with Gasteiger partial charge in [0.25, 0.3) is 0 Å². The Hall–Kier alpha value is -2.82. The molecule has 3 aromatic rings. The number of rotatable bonds is 6. The lowest BCUT2D eigenvalue weighted by atomic mass is 9.92. The minimum atomic E-state index is 0.113. The van der Waals surface area contributed by atoms with Gasteiger partial charge >= 0.3 is 0 Å². The molecule has 0 radical (unpaired) electrons. The molecule has 3 rings (SSSR count). The van der Waals surface area contributed by atoms with E-state index in [1.807, 2.05) is 48.5 Å². The summed E-state index contributed by atoms with van der Waals surface area (Å²) in [4.78, 5) is 4.48. The average molecular weight is 352 g/mol. The highest BCUT2D eigenvalue weighted by atomic mass is 16.5. The summed E-state index contributed by atoms with van der Waals surface area (Å²) < 4.78 is 16.4. The zero-order valence-corrected chi connectivity index (χ0v) is 15.7. The van der Waals surface area contributed by atoms with E-state index in [1.165, 1.54) is 0 Å². The van der Waals surface area contributed by atoms with Gasteiger partial charge in [-0.25, -0.2) is 0 Å². The number of benzene rings is 2. The van der Waals surface area contributed by atoms with Gasteiger partial charge < -0.3 is 14.0 Å². The normalized spacial score (nSPS) is 11.4. The lowest BCUT2D eigenvalue weighted by molar-refractivity contribution is 0.305. The predicted octanol–water partition coefficient (Wildman–Crippen LogP) is 4.91. The number of hydrogen-bond donors (Lipinski definition) is 0. The van der Waals surface area contributed by atoms with Gasteiger partial charge in [-0.15, -0.1) is 0 Å². The van der Waals surface area contributed by atoms with Crippen LogP contribution in [0.5, 0.6) is 11.5 Å². The molecule has 0 saturated heterocycles. The zero-order valence-electron chi connectivity index (χ0n) is 15.7. The average Bonchev–Trinajstić information content (AvgIpc) is 3.07. The highest BCUT2D eigenvalue weighted by Gasteiger charge is 2.17. The van der Waals surface area contributed by atoms with Gasteiger partial charge in [0.05, 0.1) is 7.11 Å². The molecule has 5 heteroatoms. The van der Waals surface area contributed by atoms with Gasteiger partial charge in [-0.1, -0.05) is 38.1 Å². The highest BCUT2D eigenvalue weighted by Crippen LogP contribution is 2.24. The second-order valence-electron chi connectivity index (χ2n) is 7.41. The minimum absolute atomic E-state index is 0.113. The topological polar surface area (TPSA) is 57.4 Å². The molecule has 1 heterocycles. The van der Waals surface area contributed by atoms with E-state index < -0.39 is 0 Å². The van der Waals surface area contributed by atoms with Crippen molar-refractivity contribution in [3.8, 4) is 22.9 Å². The fraction of sp³-hybridized carbons (Fsp3) is 0.333. The molecular weight excluding hydrogens is 328 g/mol. The molecule has 0 fully saturated rings. The smallest absolute Gasteiger partial charge is 0.227 e. The maximum atomic E-state index is 5.83. The molecule has 0 aliphatic rings. The maximum absolute atomic E-state index is 5.83. The first kappa shape index (κ1) is 18.0. The summed E-state index contributed by atoms with van der Waals surface area (Å²) in [5.74, 6) is 2.87. The molecule has 26 heavy (non-hydrogen) atoms. The van der Waals surface area contributed by atoms with Crippen LogP contribution in [0.15, 0.2) is 53.1 Å². The third-order valence-corrected chi connectivity index (χ3v) is 3.80. The Labute approximate surface area is 154 Å². The van der Waals surface area contributed by atoms with Gasteiger partial charge in [0.15, 0.2) is 0 Å². The Morgan fingerprint density at radius 1 is 1.00 bits per heavy atom. The van der Waals surface area contributed by atoms with Crippen LogP contribution in [0.4, 0.5) is 0 Å². The highest BCUT2D eigenvalue weighted by molar-refractivity contribution is 5.55. The third kappa shape index (κ3) is 4.85. The summed E-state index contributed by atoms with van der Waals surface area (Å²) in [5.41, 5.74) is 2.07. The molecule has 2 aromatic carbocycles. The largest absolute Gasteiger partial charge is 0.497 e. The number of aromatic nitrogens is 2. The molecule has 0 aliphatic carbocycles. The van der Waals surface area contributed by atoms with E-state index in [1.54, 1.807) is 7.11 Å². The maximum Gasteiger partial charge on any atom is 0.227 e. The standard InChI is InChI=1S/C21H24N2O3/c1-21(2,3)13-19-22-20(23-26-19)16-8-10-17(11-9-16)25-14-15-6-5-7-18(12-15)24-4/h5-12H,13-14H2,1-4H3. The van der Waals surface area contributed by atoms with E-state index >= 15 is 0 Å². The van der Waals surface area contributed by atoms with Crippen LogP contribution in [0.3, 0.4) is 0 Å². The Morgan fingerprint density at radius 2 is 1.77 bits per heavy atom. The first-order valence-corrected chi connectivity index (χ1v) is 8.62. The van der Waals surface area contributed by atoms with E-state index in [0.29, 0.717) is 18.3 Å². The van der Waals surface area contributed by atoms with Crippen LogP contribution in [0.1, 0.15) is 32.2 Å². The molecule has 0 amide bonds. The lowest BCUT2D eigenvalue weighted by Crippen LogP contribution is -2.09. The molecule has 0 spiro atoms. The molecule has 0 unspecified atom stereocenters. The third-order valence-electron chi connectivity index (χ3n) is 3.80. The van der Waals surface area contributed by atoms with E-state index in [-0.39, 0.29) is 5.41 Å². The van der Waals surface area contributed by atoms with E-state index in [9.17, 15) is 0 Å². The number of nitrogens with zero attached hydrogens (tertiary/aromatic N) is 2. The van der Waals surface area contributed by atoms with Crippen LogP contribution < -0.4 is 9.47 Å². The summed E-state index contributed by atoms with van der Waals surface area (Å²) in [7, 11) is 1.66. The van der Waals surface area contributed by atoms with E-state index in [2.05, 4.69) is 30.9 Å². The molecule has 0 saturated carbocycles. The Balaban J connectivity index is 1.63. The van der Waals surface area contributed by atoms with Crippen molar-refractivity contribution in [2.24, 2.45) is 5.41 Å². The van der Waals surface area contributed by atoms with Crippen LogP contribution in [0.25, 0.3) is 11.4 Å². The Kier molecular flexibility index (Phi) is 5.26. The fourth-order valence-electron chi connectivity index (χ4n) is 2.53. The number of hydrogen-bond acceptors (Lipinski definition) is 5. The Bertz CT molecular complexity index is 848. The predicted molar refractivity (Wildman–Crippen MR) is 100 cm³/mol. The van der Waals surface area contributed by atoms with Crippen molar-refractivity contribution in [1.82, 2.24) is 10.1 Å². The van der Waals surface area contributed by atoms with Crippen LogP contribution in [0, 0.1) is 5.41 Å². The number of methoxy groups -OCH3 is 1. The summed E-state index contributed by atoms with van der Waals surface area (Å²) in [6.45, 7) is 6.91. The van der Waals surface area contributed by atoms with Crippen molar-refractivity contribution in [1.29, 1.82) is 0 Å². The SMILES string of the molecule is COc1cccc(COc2ccc(-c3noc(CC(C)(C)C)n3)cc2)c1. The monoisotopic (exact) mass is 352 g/mol. The molecule has 0 N–H and O–H groups in total. The van der Waals surface area contributed by atoms with Crippen LogP contribution in [0.2, 0.25) is 0 Å². The van der Waals surface area contributed by atoms with Crippen LogP contribution in [-0.2, 0) is 13.0 Å². The molecule has 136 valence electrons. The zero-order chi connectivity index (χ0) is 18.6. The molecule has 5 nitrogen and oxygen atoms in total. The Morgan fingerprint density at radius 3 is 2.46 bits per heavy atom. The van der Waals surface area contributed by atoms with Crippen LogP contribution in [-0.4, -0.2) is 17.3 Å². The van der Waals surface area contributed by atoms with E-state index in [0.717, 1.165) is 29.0 Å². The lowest BCUT2D eigenvalue weighted by Gasteiger charge is -2.13. The second kappa shape index (κ2) is 7.60. The van der Waals surface area contributed by atoms with Crippen molar-refractivity contribution < 1.29 is 14.0 Å². The molecule has 0 bridgehead atoms. The second-order valence-corrected chi connectivity index (χ2v) is 7.41. The molecule has 0 aliphatic heterocycles. The van der Waals surface area contributed by atoms with Gasteiger partial charge in [0.1, 0.15) is 18.1 Å². The van der Waals surface area contributed by atoms with Gasteiger partial charge in [0.2, 0.25) is 11.7 Å². The van der Waals surface area contributed by atoms with Gasteiger partial charge in [-0.2, -0.15) is 4.98 Å². The summed E-state index contributed by atoms with van der Waals surface area (Å²) >= 11 is 0. The quantitative estimate of drug-likeness (QED) is 0.631.